The molecule has 7 heteroatoms. The van der Waals surface area contributed by atoms with Gasteiger partial charge in [-0.25, -0.2) is 0 Å². The van der Waals surface area contributed by atoms with Crippen LogP contribution >= 0.6 is 23.8 Å². The molecule has 0 atom stereocenters. The van der Waals surface area contributed by atoms with E-state index in [4.69, 9.17) is 28.6 Å². The van der Waals surface area contributed by atoms with Gasteiger partial charge in [0.2, 0.25) is 0 Å². The third kappa shape index (κ3) is 4.21. The Balaban J connectivity index is 1.77. The molecule has 31 heavy (non-hydrogen) atoms. The summed E-state index contributed by atoms with van der Waals surface area (Å²) in [7, 11) is 1.60. The third-order valence-corrected chi connectivity index (χ3v) is 5.36. The van der Waals surface area contributed by atoms with Crippen LogP contribution in [0.3, 0.4) is 0 Å². The highest BCUT2D eigenvalue weighted by Gasteiger charge is 2.34. The number of halogens is 1. The van der Waals surface area contributed by atoms with Gasteiger partial charge in [0.1, 0.15) is 11.3 Å². The average Bonchev–Trinajstić information content (AvgIpc) is 2.78. The Kier molecular flexibility index (Phi) is 5.84. The number of anilines is 1. The van der Waals surface area contributed by atoms with E-state index in [9.17, 15) is 9.59 Å². The van der Waals surface area contributed by atoms with Crippen molar-refractivity contribution in [1.29, 1.82) is 0 Å². The molecule has 0 unspecified atom stereocenters. The molecule has 3 aromatic rings. The van der Waals surface area contributed by atoms with E-state index in [0.29, 0.717) is 16.5 Å². The van der Waals surface area contributed by atoms with Gasteiger partial charge in [0.25, 0.3) is 11.8 Å². The minimum absolute atomic E-state index is 0.0149. The van der Waals surface area contributed by atoms with Gasteiger partial charge in [-0.2, -0.15) is 0 Å². The van der Waals surface area contributed by atoms with Crippen LogP contribution in [0.5, 0.6) is 5.75 Å². The second kappa shape index (κ2) is 8.71. The molecule has 2 amide bonds. The first kappa shape index (κ1) is 20.8. The summed E-state index contributed by atoms with van der Waals surface area (Å²) in [6.07, 6.45) is 1.58. The maximum Gasteiger partial charge on any atom is 0.270 e. The fraction of sp³-hybridized carbons (Fsp3) is 0.0417. The third-order valence-electron chi connectivity index (χ3n) is 4.83. The quantitative estimate of drug-likeness (QED) is 0.352. The number of hydrogen-bond acceptors (Lipinski definition) is 4. The smallest absolute Gasteiger partial charge is 0.270 e. The maximum atomic E-state index is 13.2. The fourth-order valence-corrected chi connectivity index (χ4v) is 3.72. The molecule has 1 saturated heterocycles. The Labute approximate surface area is 189 Å². The molecule has 154 valence electrons. The van der Waals surface area contributed by atoms with Crippen LogP contribution in [-0.2, 0) is 9.59 Å². The molecule has 0 aliphatic carbocycles. The molecule has 1 heterocycles. The molecule has 1 fully saturated rings. The van der Waals surface area contributed by atoms with Crippen molar-refractivity contribution < 1.29 is 14.3 Å². The predicted octanol–water partition coefficient (Wildman–Crippen LogP) is 4.85. The maximum absolute atomic E-state index is 13.2. The number of carbonyl (C=O) groups excluding carboxylic acids is 2. The van der Waals surface area contributed by atoms with Gasteiger partial charge in [0, 0.05) is 5.02 Å². The zero-order valence-electron chi connectivity index (χ0n) is 16.5. The lowest BCUT2D eigenvalue weighted by Gasteiger charge is -2.29. The van der Waals surface area contributed by atoms with Gasteiger partial charge in [-0.15, -0.1) is 0 Å². The van der Waals surface area contributed by atoms with Gasteiger partial charge in [-0.3, -0.25) is 19.8 Å². The number of thiocarbonyl (C=S) groups is 1. The molecule has 3 aromatic carbocycles. The van der Waals surface area contributed by atoms with Crippen molar-refractivity contribution in [1.82, 2.24) is 5.32 Å². The highest BCUT2D eigenvalue weighted by molar-refractivity contribution is 7.80. The van der Waals surface area contributed by atoms with Crippen LogP contribution in [0, 0.1) is 0 Å². The summed E-state index contributed by atoms with van der Waals surface area (Å²) in [5.41, 5.74) is 2.99. The average molecular weight is 449 g/mol. The van der Waals surface area contributed by atoms with Crippen LogP contribution in [0.1, 0.15) is 5.56 Å². The van der Waals surface area contributed by atoms with Crippen LogP contribution in [0.4, 0.5) is 5.69 Å². The summed E-state index contributed by atoms with van der Waals surface area (Å²) < 4.78 is 5.32. The van der Waals surface area contributed by atoms with E-state index < -0.39 is 11.8 Å². The second-order valence-corrected chi connectivity index (χ2v) is 7.58. The molecular formula is C24H17ClN2O3S. The Bertz CT molecular complexity index is 1220. The van der Waals surface area contributed by atoms with E-state index in [0.717, 1.165) is 16.7 Å². The van der Waals surface area contributed by atoms with Gasteiger partial charge in [0.15, 0.2) is 5.11 Å². The lowest BCUT2D eigenvalue weighted by Crippen LogP contribution is -2.54. The van der Waals surface area contributed by atoms with E-state index >= 15 is 0 Å². The topological polar surface area (TPSA) is 58.6 Å². The SMILES string of the molecule is COc1cccc(-c2ccccc2C=C2C(=O)NC(=S)N(c3ccc(Cl)cc3)C2=O)c1. The normalized spacial score (nSPS) is 15.2. The Morgan fingerprint density at radius 2 is 1.74 bits per heavy atom. The van der Waals surface area contributed by atoms with Crippen molar-refractivity contribution in [3.05, 3.63) is 89.0 Å². The van der Waals surface area contributed by atoms with Gasteiger partial charge in [-0.05, 0) is 71.4 Å². The van der Waals surface area contributed by atoms with Crippen molar-refractivity contribution in [3.63, 3.8) is 0 Å². The molecule has 0 saturated carbocycles. The van der Waals surface area contributed by atoms with Crippen molar-refractivity contribution in [3.8, 4) is 16.9 Å². The van der Waals surface area contributed by atoms with Gasteiger partial charge in [0.05, 0.1) is 12.8 Å². The lowest BCUT2D eigenvalue weighted by atomic mass is 9.97. The Morgan fingerprint density at radius 3 is 2.48 bits per heavy atom. The minimum atomic E-state index is -0.541. The largest absolute Gasteiger partial charge is 0.497 e. The van der Waals surface area contributed by atoms with Crippen LogP contribution in [0.15, 0.2) is 78.4 Å². The molecule has 1 N–H and O–H groups in total. The number of carbonyl (C=O) groups is 2. The first-order valence-corrected chi connectivity index (χ1v) is 10.2. The molecule has 1 aliphatic heterocycles. The standard InChI is InChI=1S/C24H17ClN2O3S/c1-30-19-7-4-6-15(13-19)20-8-3-2-5-16(20)14-21-22(28)26-24(31)27(23(21)29)18-11-9-17(25)10-12-18/h2-14H,1H3,(H,26,28,31). The first-order chi connectivity index (χ1) is 15.0. The monoisotopic (exact) mass is 448 g/mol. The molecule has 0 aromatic heterocycles. The number of methoxy groups -OCH3 is 1. The number of hydrogen-bond donors (Lipinski definition) is 1. The van der Waals surface area contributed by atoms with Gasteiger partial charge in [-0.1, -0.05) is 48.0 Å². The summed E-state index contributed by atoms with van der Waals surface area (Å²) in [4.78, 5) is 27.2. The number of rotatable bonds is 4. The van der Waals surface area contributed by atoms with Crippen LogP contribution < -0.4 is 15.0 Å². The number of ether oxygens (including phenoxy) is 1. The van der Waals surface area contributed by atoms with Crippen molar-refractivity contribution in [2.45, 2.75) is 0 Å². The Morgan fingerprint density at radius 1 is 1.00 bits per heavy atom. The highest BCUT2D eigenvalue weighted by atomic mass is 35.5. The minimum Gasteiger partial charge on any atom is -0.497 e. The van der Waals surface area contributed by atoms with Gasteiger partial charge < -0.3 is 4.74 Å². The highest BCUT2D eigenvalue weighted by Crippen LogP contribution is 2.30. The second-order valence-electron chi connectivity index (χ2n) is 6.75. The van der Waals surface area contributed by atoms with E-state index in [2.05, 4.69) is 5.32 Å². The summed E-state index contributed by atoms with van der Waals surface area (Å²) in [5, 5.41) is 3.15. The summed E-state index contributed by atoms with van der Waals surface area (Å²) >= 11 is 11.2. The fourth-order valence-electron chi connectivity index (χ4n) is 3.31. The zero-order valence-corrected chi connectivity index (χ0v) is 18.0. The molecule has 0 spiro atoms. The van der Waals surface area contributed by atoms with Crippen molar-refractivity contribution in [2.75, 3.05) is 12.0 Å². The lowest BCUT2D eigenvalue weighted by molar-refractivity contribution is -0.122. The Hall–Kier alpha value is -3.48. The first-order valence-electron chi connectivity index (χ1n) is 9.38. The van der Waals surface area contributed by atoms with Crippen molar-refractivity contribution >= 4 is 52.5 Å². The molecule has 5 nitrogen and oxygen atoms in total. The molecule has 4 rings (SSSR count). The number of nitrogens with zero attached hydrogens (tertiary/aromatic N) is 1. The summed E-state index contributed by atoms with van der Waals surface area (Å²) in [5.74, 6) is -0.331. The number of amides is 2. The van der Waals surface area contributed by atoms with E-state index in [1.54, 1.807) is 37.5 Å². The molecule has 1 aliphatic rings. The van der Waals surface area contributed by atoms with Crippen LogP contribution in [0.2, 0.25) is 5.02 Å². The van der Waals surface area contributed by atoms with E-state index in [1.807, 2.05) is 48.5 Å². The summed E-state index contributed by atoms with van der Waals surface area (Å²) in [6.45, 7) is 0. The van der Waals surface area contributed by atoms with Crippen LogP contribution in [0.25, 0.3) is 17.2 Å². The number of nitrogens with one attached hydrogen (secondary N) is 1. The molecular weight excluding hydrogens is 432 g/mol. The van der Waals surface area contributed by atoms with Gasteiger partial charge >= 0.3 is 0 Å². The predicted molar refractivity (Wildman–Crippen MR) is 126 cm³/mol. The van der Waals surface area contributed by atoms with Crippen molar-refractivity contribution in [2.24, 2.45) is 0 Å². The number of benzene rings is 3. The molecule has 0 radical (unpaired) electrons. The molecule has 0 bridgehead atoms. The van der Waals surface area contributed by atoms with Crippen LogP contribution in [-0.4, -0.2) is 24.0 Å². The zero-order chi connectivity index (χ0) is 22.0. The van der Waals surface area contributed by atoms with E-state index in [-0.39, 0.29) is 10.7 Å². The van der Waals surface area contributed by atoms with E-state index in [1.165, 1.54) is 4.90 Å². The summed E-state index contributed by atoms with van der Waals surface area (Å²) in [6, 6.07) is 21.8.